The van der Waals surface area contributed by atoms with E-state index in [4.69, 9.17) is 9.84 Å². The summed E-state index contributed by atoms with van der Waals surface area (Å²) in [5.74, 6) is -0.430. The topological polar surface area (TPSA) is 77.2 Å². The summed E-state index contributed by atoms with van der Waals surface area (Å²) in [6.07, 6.45) is 0. The van der Waals surface area contributed by atoms with E-state index in [2.05, 4.69) is 10.3 Å². The molecule has 1 aromatic heterocycles. The minimum Gasteiger partial charge on any atom is -0.497 e. The van der Waals surface area contributed by atoms with Crippen molar-refractivity contribution in [2.45, 2.75) is 13.5 Å². The van der Waals surface area contributed by atoms with Crippen LogP contribution in [0.1, 0.15) is 17.4 Å². The van der Waals surface area contributed by atoms with E-state index in [1.807, 2.05) is 6.92 Å². The highest BCUT2D eigenvalue weighted by Crippen LogP contribution is 2.25. The van der Waals surface area contributed by atoms with Crippen molar-refractivity contribution in [2.75, 3.05) is 7.11 Å². The molecule has 0 bridgehead atoms. The van der Waals surface area contributed by atoms with Crippen LogP contribution in [0, 0.1) is 0 Å². The lowest BCUT2D eigenvalue weighted by Gasteiger charge is -2.06. The van der Waals surface area contributed by atoms with Gasteiger partial charge in [-0.25, -0.2) is 9.48 Å². The van der Waals surface area contributed by atoms with E-state index in [0.29, 0.717) is 18.0 Å². The van der Waals surface area contributed by atoms with Crippen LogP contribution in [0.3, 0.4) is 0 Å². The standard InChI is InChI=1S/C12H13N3O3/c1-3-15-11(10(12(16)17)13-14-15)8-5-4-6-9(7-8)18-2/h4-7H,3H2,1-2H3,(H,16,17). The van der Waals surface area contributed by atoms with Crippen molar-refractivity contribution >= 4 is 5.97 Å². The average Bonchev–Trinajstić information content (AvgIpc) is 2.82. The van der Waals surface area contributed by atoms with Gasteiger partial charge in [-0.1, -0.05) is 17.3 Å². The molecular weight excluding hydrogens is 234 g/mol. The molecular formula is C12H13N3O3. The average molecular weight is 247 g/mol. The maximum Gasteiger partial charge on any atom is 0.358 e. The molecule has 0 aliphatic carbocycles. The highest BCUT2D eigenvalue weighted by atomic mass is 16.5. The molecule has 1 aromatic carbocycles. The molecule has 2 rings (SSSR count). The molecule has 94 valence electrons. The molecule has 0 saturated carbocycles. The molecule has 0 unspecified atom stereocenters. The minimum atomic E-state index is -1.09. The number of methoxy groups -OCH3 is 1. The number of carbonyl (C=O) groups is 1. The number of hydrogen-bond donors (Lipinski definition) is 1. The zero-order chi connectivity index (χ0) is 13.1. The number of aryl methyl sites for hydroxylation is 1. The van der Waals surface area contributed by atoms with Gasteiger partial charge in [-0.2, -0.15) is 0 Å². The number of aromatic carboxylic acids is 1. The normalized spacial score (nSPS) is 10.3. The van der Waals surface area contributed by atoms with Crippen molar-refractivity contribution in [1.29, 1.82) is 0 Å². The summed E-state index contributed by atoms with van der Waals surface area (Å²) in [4.78, 5) is 11.1. The first-order valence-corrected chi connectivity index (χ1v) is 5.48. The predicted molar refractivity (Wildman–Crippen MR) is 64.6 cm³/mol. The summed E-state index contributed by atoms with van der Waals surface area (Å²) in [5.41, 5.74) is 1.16. The zero-order valence-corrected chi connectivity index (χ0v) is 10.1. The maximum atomic E-state index is 11.1. The summed E-state index contributed by atoms with van der Waals surface area (Å²) < 4.78 is 6.68. The number of rotatable bonds is 4. The number of carboxylic acid groups (broad SMARTS) is 1. The Morgan fingerprint density at radius 3 is 2.89 bits per heavy atom. The second kappa shape index (κ2) is 4.87. The van der Waals surface area contributed by atoms with E-state index in [1.54, 1.807) is 36.1 Å². The number of aromatic nitrogens is 3. The third kappa shape index (κ3) is 2.04. The van der Waals surface area contributed by atoms with Crippen LogP contribution in [0.25, 0.3) is 11.3 Å². The van der Waals surface area contributed by atoms with Gasteiger partial charge in [-0.15, -0.1) is 5.10 Å². The highest BCUT2D eigenvalue weighted by molar-refractivity contribution is 5.92. The molecule has 1 N–H and O–H groups in total. The van der Waals surface area contributed by atoms with Crippen LogP contribution in [0.4, 0.5) is 0 Å². The number of ether oxygens (including phenoxy) is 1. The van der Waals surface area contributed by atoms with Gasteiger partial charge in [-0.05, 0) is 19.1 Å². The van der Waals surface area contributed by atoms with Crippen LogP contribution in [0.5, 0.6) is 5.75 Å². The van der Waals surface area contributed by atoms with Gasteiger partial charge in [0.25, 0.3) is 0 Å². The quantitative estimate of drug-likeness (QED) is 0.889. The van der Waals surface area contributed by atoms with E-state index in [0.717, 1.165) is 5.56 Å². The third-order valence-electron chi connectivity index (χ3n) is 2.58. The summed E-state index contributed by atoms with van der Waals surface area (Å²) in [6.45, 7) is 2.43. The molecule has 0 saturated heterocycles. The second-order valence-electron chi connectivity index (χ2n) is 3.64. The smallest absolute Gasteiger partial charge is 0.358 e. The van der Waals surface area contributed by atoms with Gasteiger partial charge in [0.15, 0.2) is 5.69 Å². The first-order valence-electron chi connectivity index (χ1n) is 5.48. The molecule has 18 heavy (non-hydrogen) atoms. The fourth-order valence-corrected chi connectivity index (χ4v) is 1.73. The zero-order valence-electron chi connectivity index (χ0n) is 10.1. The molecule has 0 amide bonds. The van der Waals surface area contributed by atoms with Crippen molar-refractivity contribution in [3.05, 3.63) is 30.0 Å². The van der Waals surface area contributed by atoms with Crippen molar-refractivity contribution in [3.8, 4) is 17.0 Å². The van der Waals surface area contributed by atoms with Gasteiger partial charge >= 0.3 is 5.97 Å². The third-order valence-corrected chi connectivity index (χ3v) is 2.58. The van der Waals surface area contributed by atoms with Gasteiger partial charge in [0.1, 0.15) is 11.4 Å². The van der Waals surface area contributed by atoms with Crippen molar-refractivity contribution in [1.82, 2.24) is 15.0 Å². The number of nitrogens with zero attached hydrogens (tertiary/aromatic N) is 3. The molecule has 0 fully saturated rings. The van der Waals surface area contributed by atoms with E-state index in [-0.39, 0.29) is 5.69 Å². The molecule has 1 heterocycles. The fourth-order valence-electron chi connectivity index (χ4n) is 1.73. The number of hydrogen-bond acceptors (Lipinski definition) is 4. The lowest BCUT2D eigenvalue weighted by atomic mass is 10.1. The molecule has 0 aliphatic heterocycles. The molecule has 0 radical (unpaired) electrons. The van der Waals surface area contributed by atoms with E-state index >= 15 is 0 Å². The van der Waals surface area contributed by atoms with Crippen LogP contribution >= 0.6 is 0 Å². The van der Waals surface area contributed by atoms with Crippen molar-refractivity contribution in [2.24, 2.45) is 0 Å². The Hall–Kier alpha value is -2.37. The van der Waals surface area contributed by atoms with Crippen LogP contribution in [-0.2, 0) is 6.54 Å². The highest BCUT2D eigenvalue weighted by Gasteiger charge is 2.20. The van der Waals surface area contributed by atoms with Crippen LogP contribution in [0.2, 0.25) is 0 Å². The van der Waals surface area contributed by atoms with Crippen molar-refractivity contribution in [3.63, 3.8) is 0 Å². The predicted octanol–water partition coefficient (Wildman–Crippen LogP) is 1.67. The summed E-state index contributed by atoms with van der Waals surface area (Å²) >= 11 is 0. The van der Waals surface area contributed by atoms with Gasteiger partial charge in [0.05, 0.1) is 7.11 Å². The SMILES string of the molecule is CCn1nnc(C(=O)O)c1-c1cccc(OC)c1. The summed E-state index contributed by atoms with van der Waals surface area (Å²) in [7, 11) is 1.56. The van der Waals surface area contributed by atoms with Crippen molar-refractivity contribution < 1.29 is 14.6 Å². The molecule has 0 atom stereocenters. The Balaban J connectivity index is 2.60. The molecule has 6 nitrogen and oxygen atoms in total. The largest absolute Gasteiger partial charge is 0.497 e. The Morgan fingerprint density at radius 2 is 2.28 bits per heavy atom. The molecule has 2 aromatic rings. The monoisotopic (exact) mass is 247 g/mol. The Morgan fingerprint density at radius 1 is 1.50 bits per heavy atom. The van der Waals surface area contributed by atoms with E-state index < -0.39 is 5.97 Å². The van der Waals surface area contributed by atoms with Crippen LogP contribution < -0.4 is 4.74 Å². The lowest BCUT2D eigenvalue weighted by molar-refractivity contribution is 0.0691. The fraction of sp³-hybridized carbons (Fsp3) is 0.250. The van der Waals surface area contributed by atoms with E-state index in [9.17, 15) is 4.79 Å². The maximum absolute atomic E-state index is 11.1. The molecule has 6 heteroatoms. The first-order chi connectivity index (χ1) is 8.67. The van der Waals surface area contributed by atoms with Gasteiger partial charge in [0.2, 0.25) is 0 Å². The van der Waals surface area contributed by atoms with Gasteiger partial charge in [-0.3, -0.25) is 0 Å². The van der Waals surface area contributed by atoms with Gasteiger partial charge in [0, 0.05) is 12.1 Å². The Labute approximate surface area is 104 Å². The summed E-state index contributed by atoms with van der Waals surface area (Å²) in [6, 6.07) is 7.16. The number of benzene rings is 1. The van der Waals surface area contributed by atoms with E-state index in [1.165, 1.54) is 0 Å². The molecule has 0 spiro atoms. The number of carboxylic acids is 1. The summed E-state index contributed by atoms with van der Waals surface area (Å²) in [5, 5.41) is 16.6. The second-order valence-corrected chi connectivity index (χ2v) is 3.64. The van der Waals surface area contributed by atoms with Gasteiger partial charge < -0.3 is 9.84 Å². The lowest BCUT2D eigenvalue weighted by Crippen LogP contribution is -2.03. The van der Waals surface area contributed by atoms with Crippen LogP contribution in [-0.4, -0.2) is 33.2 Å². The molecule has 0 aliphatic rings. The van der Waals surface area contributed by atoms with Crippen LogP contribution in [0.15, 0.2) is 24.3 Å². The minimum absolute atomic E-state index is 0.0508. The first kappa shape index (κ1) is 12.1. The Kier molecular flexibility index (Phi) is 3.27. The Bertz CT molecular complexity index is 578.